The number of hydrogen-bond donors (Lipinski definition) is 0. The molecule has 1 heterocycles. The van der Waals surface area contributed by atoms with Gasteiger partial charge in [-0.15, -0.1) is 0 Å². The quantitative estimate of drug-likeness (QED) is 0.839. The van der Waals surface area contributed by atoms with E-state index >= 15 is 0 Å². The van der Waals surface area contributed by atoms with Gasteiger partial charge in [0.25, 0.3) is 0 Å². The number of sulfone groups is 1. The molecule has 0 bridgehead atoms. The van der Waals surface area contributed by atoms with E-state index < -0.39 is 9.84 Å². The summed E-state index contributed by atoms with van der Waals surface area (Å²) in [6, 6.07) is 9.76. The molecule has 1 unspecified atom stereocenters. The van der Waals surface area contributed by atoms with Gasteiger partial charge in [0.15, 0.2) is 0 Å². The predicted molar refractivity (Wildman–Crippen MR) is 69.9 cm³/mol. The summed E-state index contributed by atoms with van der Waals surface area (Å²) in [6.07, 6.45) is 3.02. The Labute approximate surface area is 101 Å². The second-order valence-corrected chi connectivity index (χ2v) is 6.63. The van der Waals surface area contributed by atoms with Crippen molar-refractivity contribution in [1.82, 2.24) is 4.98 Å². The Morgan fingerprint density at radius 2 is 2.06 bits per heavy atom. The minimum absolute atomic E-state index is 0.00889. The molecule has 90 valence electrons. The molecule has 0 N–H and O–H groups in total. The average molecular weight is 249 g/mol. The van der Waals surface area contributed by atoms with Crippen molar-refractivity contribution in [1.29, 1.82) is 0 Å². The number of rotatable bonds is 3. The summed E-state index contributed by atoms with van der Waals surface area (Å²) >= 11 is 0. The average Bonchev–Trinajstić information content (AvgIpc) is 2.26. The van der Waals surface area contributed by atoms with Crippen molar-refractivity contribution in [2.24, 2.45) is 0 Å². The van der Waals surface area contributed by atoms with Gasteiger partial charge in [0.05, 0.1) is 11.3 Å². The van der Waals surface area contributed by atoms with Crippen LogP contribution in [0, 0.1) is 0 Å². The number of aromatic nitrogens is 1. The van der Waals surface area contributed by atoms with Crippen LogP contribution < -0.4 is 0 Å². The number of hydrogen-bond acceptors (Lipinski definition) is 3. The highest BCUT2D eigenvalue weighted by molar-refractivity contribution is 7.90. The van der Waals surface area contributed by atoms with Gasteiger partial charge in [0.1, 0.15) is 9.84 Å². The van der Waals surface area contributed by atoms with Gasteiger partial charge in [0.2, 0.25) is 0 Å². The highest BCUT2D eigenvalue weighted by Gasteiger charge is 2.12. The van der Waals surface area contributed by atoms with E-state index in [0.717, 1.165) is 16.5 Å². The molecule has 2 rings (SSSR count). The molecule has 0 spiro atoms. The van der Waals surface area contributed by atoms with Gasteiger partial charge in [-0.25, -0.2) is 8.42 Å². The van der Waals surface area contributed by atoms with Crippen molar-refractivity contribution in [3.05, 3.63) is 42.1 Å². The highest BCUT2D eigenvalue weighted by Crippen LogP contribution is 2.21. The zero-order chi connectivity index (χ0) is 12.5. The first kappa shape index (κ1) is 12.0. The Morgan fingerprint density at radius 1 is 1.29 bits per heavy atom. The van der Waals surface area contributed by atoms with Crippen LogP contribution in [0.3, 0.4) is 0 Å². The number of nitrogens with zero attached hydrogens (tertiary/aromatic N) is 1. The molecule has 0 saturated heterocycles. The fraction of sp³-hybridized carbons (Fsp3) is 0.308. The van der Waals surface area contributed by atoms with E-state index in [2.05, 4.69) is 4.98 Å². The third-order valence-corrected chi connectivity index (χ3v) is 3.85. The molecule has 0 aliphatic rings. The molecular weight excluding hydrogens is 234 g/mol. The largest absolute Gasteiger partial charge is 0.256 e. The smallest absolute Gasteiger partial charge is 0.148 e. The topological polar surface area (TPSA) is 47.0 Å². The molecule has 1 aromatic heterocycles. The van der Waals surface area contributed by atoms with Crippen molar-refractivity contribution in [2.45, 2.75) is 12.8 Å². The van der Waals surface area contributed by atoms with Crippen LogP contribution in [-0.2, 0) is 9.84 Å². The molecule has 0 aliphatic heterocycles. The maximum absolute atomic E-state index is 11.3. The third kappa shape index (κ3) is 3.03. The SMILES string of the molecule is CC(CS(C)(=O)=O)c1ccc2ncccc2c1. The van der Waals surface area contributed by atoms with Gasteiger partial charge in [0, 0.05) is 17.8 Å². The molecule has 1 aromatic carbocycles. The maximum Gasteiger partial charge on any atom is 0.148 e. The lowest BCUT2D eigenvalue weighted by atomic mass is 10.0. The molecule has 3 nitrogen and oxygen atoms in total. The summed E-state index contributed by atoms with van der Waals surface area (Å²) in [5, 5.41) is 1.05. The summed E-state index contributed by atoms with van der Waals surface area (Å²) in [7, 11) is -2.94. The first-order valence-electron chi connectivity index (χ1n) is 5.48. The minimum atomic E-state index is -2.94. The fourth-order valence-corrected chi connectivity index (χ4v) is 3.05. The van der Waals surface area contributed by atoms with E-state index in [0.29, 0.717) is 0 Å². The first-order valence-corrected chi connectivity index (χ1v) is 7.54. The number of benzene rings is 1. The zero-order valence-corrected chi connectivity index (χ0v) is 10.7. The second-order valence-electron chi connectivity index (χ2n) is 4.45. The third-order valence-electron chi connectivity index (χ3n) is 2.75. The molecule has 0 amide bonds. The minimum Gasteiger partial charge on any atom is -0.256 e. The predicted octanol–water partition coefficient (Wildman–Crippen LogP) is 2.38. The number of fused-ring (bicyclic) bond motifs is 1. The number of pyridine rings is 1. The lowest BCUT2D eigenvalue weighted by Gasteiger charge is -2.11. The van der Waals surface area contributed by atoms with Crippen molar-refractivity contribution in [2.75, 3.05) is 12.0 Å². The lowest BCUT2D eigenvalue weighted by Crippen LogP contribution is -2.10. The van der Waals surface area contributed by atoms with Crippen LogP contribution in [0.2, 0.25) is 0 Å². The molecule has 4 heteroatoms. The van der Waals surface area contributed by atoms with E-state index in [4.69, 9.17) is 0 Å². The van der Waals surface area contributed by atoms with Gasteiger partial charge in [-0.05, 0) is 29.7 Å². The first-order chi connectivity index (χ1) is 7.96. The Morgan fingerprint density at radius 3 is 2.76 bits per heavy atom. The Bertz CT molecular complexity index is 635. The summed E-state index contributed by atoms with van der Waals surface area (Å²) in [6.45, 7) is 1.93. The van der Waals surface area contributed by atoms with Crippen molar-refractivity contribution in [3.63, 3.8) is 0 Å². The van der Waals surface area contributed by atoms with Crippen LogP contribution in [0.4, 0.5) is 0 Å². The summed E-state index contributed by atoms with van der Waals surface area (Å²) in [5.41, 5.74) is 1.97. The Balaban J connectivity index is 2.36. The van der Waals surface area contributed by atoms with Crippen LogP contribution in [-0.4, -0.2) is 25.4 Å². The van der Waals surface area contributed by atoms with Crippen LogP contribution in [0.1, 0.15) is 18.4 Å². The van der Waals surface area contributed by atoms with Crippen LogP contribution in [0.15, 0.2) is 36.5 Å². The van der Waals surface area contributed by atoms with Gasteiger partial charge >= 0.3 is 0 Å². The molecule has 2 aromatic rings. The normalized spacial score (nSPS) is 13.8. The molecule has 0 aliphatic carbocycles. The van der Waals surface area contributed by atoms with Crippen LogP contribution in [0.25, 0.3) is 10.9 Å². The Hall–Kier alpha value is -1.42. The fourth-order valence-electron chi connectivity index (χ4n) is 1.95. The van der Waals surface area contributed by atoms with Gasteiger partial charge in [-0.1, -0.05) is 19.1 Å². The molecule has 0 saturated carbocycles. The monoisotopic (exact) mass is 249 g/mol. The van der Waals surface area contributed by atoms with E-state index in [1.807, 2.05) is 37.3 Å². The molecule has 17 heavy (non-hydrogen) atoms. The molecule has 1 atom stereocenters. The van der Waals surface area contributed by atoms with E-state index in [-0.39, 0.29) is 11.7 Å². The zero-order valence-electron chi connectivity index (χ0n) is 9.92. The molecule has 0 fully saturated rings. The van der Waals surface area contributed by atoms with Gasteiger partial charge in [-0.2, -0.15) is 0 Å². The maximum atomic E-state index is 11.3. The standard InChI is InChI=1S/C13H15NO2S/c1-10(9-17(2,15)16)11-5-6-13-12(8-11)4-3-7-14-13/h3-8,10H,9H2,1-2H3. The van der Waals surface area contributed by atoms with Gasteiger partial charge in [-0.3, -0.25) is 4.98 Å². The molecular formula is C13H15NO2S. The highest BCUT2D eigenvalue weighted by atomic mass is 32.2. The summed E-state index contributed by atoms with van der Waals surface area (Å²) < 4.78 is 22.5. The van der Waals surface area contributed by atoms with Crippen LogP contribution >= 0.6 is 0 Å². The van der Waals surface area contributed by atoms with E-state index in [9.17, 15) is 8.42 Å². The van der Waals surface area contributed by atoms with Crippen LogP contribution in [0.5, 0.6) is 0 Å². The van der Waals surface area contributed by atoms with Gasteiger partial charge < -0.3 is 0 Å². The second kappa shape index (κ2) is 4.45. The summed E-state index contributed by atoms with van der Waals surface area (Å²) in [4.78, 5) is 4.24. The van der Waals surface area contributed by atoms with Crippen molar-refractivity contribution in [3.8, 4) is 0 Å². The van der Waals surface area contributed by atoms with E-state index in [1.54, 1.807) is 6.20 Å². The summed E-state index contributed by atoms with van der Waals surface area (Å²) in [5.74, 6) is 0.188. The molecule has 0 radical (unpaired) electrons. The lowest BCUT2D eigenvalue weighted by molar-refractivity contribution is 0.596. The van der Waals surface area contributed by atoms with E-state index in [1.165, 1.54) is 6.26 Å². The van der Waals surface area contributed by atoms with Crippen molar-refractivity contribution < 1.29 is 8.42 Å². The van der Waals surface area contributed by atoms with Crippen molar-refractivity contribution >= 4 is 20.7 Å². The Kier molecular flexibility index (Phi) is 3.15.